The lowest BCUT2D eigenvalue weighted by Gasteiger charge is -2.33. The van der Waals surface area contributed by atoms with Crippen molar-refractivity contribution in [1.29, 1.82) is 0 Å². The zero-order valence-corrected chi connectivity index (χ0v) is 11.5. The highest BCUT2D eigenvalue weighted by molar-refractivity contribution is 5.68. The Bertz CT molecular complexity index is 452. The predicted molar refractivity (Wildman–Crippen MR) is 69.5 cm³/mol. The van der Waals surface area contributed by atoms with Crippen molar-refractivity contribution in [3.63, 3.8) is 0 Å². The van der Waals surface area contributed by atoms with Crippen molar-refractivity contribution < 1.29 is 14.3 Å². The molecule has 1 unspecified atom stereocenters. The molecule has 2 heterocycles. The molecule has 1 amide bonds. The van der Waals surface area contributed by atoms with E-state index in [0.29, 0.717) is 25.6 Å². The van der Waals surface area contributed by atoms with Gasteiger partial charge in [0.15, 0.2) is 5.95 Å². The van der Waals surface area contributed by atoms with E-state index in [0.717, 1.165) is 5.69 Å². The van der Waals surface area contributed by atoms with Gasteiger partial charge < -0.3 is 25.1 Å². The summed E-state index contributed by atoms with van der Waals surface area (Å²) in [5.74, 6) is 0.341. The smallest absolute Gasteiger partial charge is 0.410 e. The summed E-state index contributed by atoms with van der Waals surface area (Å²) in [7, 11) is 0. The summed E-state index contributed by atoms with van der Waals surface area (Å²) in [6.07, 6.45) is 1.05. The van der Waals surface area contributed by atoms with E-state index >= 15 is 0 Å². The van der Waals surface area contributed by atoms with Crippen LogP contribution < -0.4 is 5.73 Å². The Kier molecular flexibility index (Phi) is 3.66. The Labute approximate surface area is 112 Å². The van der Waals surface area contributed by atoms with Gasteiger partial charge in [0.25, 0.3) is 0 Å². The molecule has 0 radical (unpaired) electrons. The molecule has 7 nitrogen and oxygen atoms in total. The summed E-state index contributed by atoms with van der Waals surface area (Å²) in [6, 6.07) is 0. The number of nitrogens with one attached hydrogen (secondary N) is 1. The minimum Gasteiger partial charge on any atom is -0.444 e. The van der Waals surface area contributed by atoms with Crippen LogP contribution in [0.15, 0.2) is 6.20 Å². The number of nitrogen functional groups attached to an aromatic ring is 1. The monoisotopic (exact) mass is 268 g/mol. The van der Waals surface area contributed by atoms with E-state index in [1.807, 2.05) is 20.8 Å². The first-order chi connectivity index (χ1) is 8.85. The molecular formula is C12H20N4O3. The summed E-state index contributed by atoms with van der Waals surface area (Å²) in [5.41, 5.74) is 5.81. The number of nitrogens with two attached hydrogens (primary N) is 1. The van der Waals surface area contributed by atoms with Crippen LogP contribution in [0, 0.1) is 0 Å². The molecule has 0 aromatic carbocycles. The van der Waals surface area contributed by atoms with Crippen LogP contribution >= 0.6 is 0 Å². The predicted octanol–water partition coefficient (Wildman–Crippen LogP) is 1.30. The van der Waals surface area contributed by atoms with Crippen LogP contribution in [-0.4, -0.2) is 46.3 Å². The number of H-pyrrole nitrogens is 1. The summed E-state index contributed by atoms with van der Waals surface area (Å²) in [5, 5.41) is 0. The molecule has 0 aliphatic carbocycles. The minimum atomic E-state index is -0.497. The molecule has 2 rings (SSSR count). The van der Waals surface area contributed by atoms with Crippen molar-refractivity contribution in [2.45, 2.75) is 32.5 Å². The Morgan fingerprint density at radius 2 is 2.37 bits per heavy atom. The van der Waals surface area contributed by atoms with Gasteiger partial charge >= 0.3 is 6.09 Å². The number of ether oxygens (including phenoxy) is 2. The number of carbonyl (C=O) groups is 1. The molecule has 1 aromatic rings. The summed E-state index contributed by atoms with van der Waals surface area (Å²) >= 11 is 0. The zero-order chi connectivity index (χ0) is 14.0. The number of hydrogen-bond acceptors (Lipinski definition) is 5. The lowest BCUT2D eigenvalue weighted by Crippen LogP contribution is -2.44. The number of amides is 1. The average molecular weight is 268 g/mol. The van der Waals surface area contributed by atoms with Gasteiger partial charge in [-0.25, -0.2) is 9.78 Å². The third kappa shape index (κ3) is 3.60. The van der Waals surface area contributed by atoms with Gasteiger partial charge in [0.05, 0.1) is 25.0 Å². The normalized spacial score (nSPS) is 20.4. The van der Waals surface area contributed by atoms with Crippen LogP contribution in [0.4, 0.5) is 10.7 Å². The van der Waals surface area contributed by atoms with Crippen LogP contribution in [-0.2, 0) is 9.47 Å². The molecule has 1 saturated heterocycles. The Hall–Kier alpha value is -1.76. The topological polar surface area (TPSA) is 93.5 Å². The molecule has 0 spiro atoms. The number of aromatic amines is 1. The largest absolute Gasteiger partial charge is 0.444 e. The fourth-order valence-electron chi connectivity index (χ4n) is 1.84. The molecule has 1 aliphatic heterocycles. The van der Waals surface area contributed by atoms with Crippen LogP contribution in [0.3, 0.4) is 0 Å². The molecule has 1 aromatic heterocycles. The third-order valence-electron chi connectivity index (χ3n) is 2.68. The third-order valence-corrected chi connectivity index (χ3v) is 2.68. The first-order valence-corrected chi connectivity index (χ1v) is 6.25. The van der Waals surface area contributed by atoms with Gasteiger partial charge in [0.2, 0.25) is 0 Å². The second-order valence-electron chi connectivity index (χ2n) is 5.51. The van der Waals surface area contributed by atoms with Gasteiger partial charge in [-0.05, 0) is 20.8 Å². The number of anilines is 1. The Morgan fingerprint density at radius 1 is 1.63 bits per heavy atom. The fourth-order valence-corrected chi connectivity index (χ4v) is 1.84. The highest BCUT2D eigenvalue weighted by atomic mass is 16.6. The maximum Gasteiger partial charge on any atom is 0.410 e. The van der Waals surface area contributed by atoms with Crippen molar-refractivity contribution in [1.82, 2.24) is 14.9 Å². The van der Waals surface area contributed by atoms with Crippen LogP contribution in [0.1, 0.15) is 32.6 Å². The first-order valence-electron chi connectivity index (χ1n) is 6.25. The standard InChI is InChI=1S/C12H20N4O3/c1-12(2,3)19-11(17)16-4-5-18-9(7-16)8-6-14-10(13)15-8/h6,9H,4-5,7H2,1-3H3,(H3,13,14,15). The highest BCUT2D eigenvalue weighted by Gasteiger charge is 2.29. The highest BCUT2D eigenvalue weighted by Crippen LogP contribution is 2.22. The van der Waals surface area contributed by atoms with Crippen molar-refractivity contribution in [2.24, 2.45) is 0 Å². The quantitative estimate of drug-likeness (QED) is 0.800. The van der Waals surface area contributed by atoms with E-state index in [9.17, 15) is 4.79 Å². The maximum absolute atomic E-state index is 12.0. The number of aromatic nitrogens is 2. The van der Waals surface area contributed by atoms with Gasteiger partial charge in [-0.2, -0.15) is 0 Å². The lowest BCUT2D eigenvalue weighted by atomic mass is 10.2. The van der Waals surface area contributed by atoms with E-state index in [1.54, 1.807) is 11.1 Å². The van der Waals surface area contributed by atoms with Crippen molar-refractivity contribution in [3.05, 3.63) is 11.9 Å². The van der Waals surface area contributed by atoms with Gasteiger partial charge in [-0.1, -0.05) is 0 Å². The van der Waals surface area contributed by atoms with E-state index in [1.165, 1.54) is 0 Å². The lowest BCUT2D eigenvalue weighted by molar-refractivity contribution is -0.0445. The fraction of sp³-hybridized carbons (Fsp3) is 0.667. The number of hydrogen-bond donors (Lipinski definition) is 2. The van der Waals surface area contributed by atoms with Crippen molar-refractivity contribution in [2.75, 3.05) is 25.4 Å². The minimum absolute atomic E-state index is 0.244. The number of morpholine rings is 1. The van der Waals surface area contributed by atoms with E-state index < -0.39 is 5.60 Å². The molecular weight excluding hydrogens is 248 g/mol. The van der Waals surface area contributed by atoms with Gasteiger partial charge in [-0.15, -0.1) is 0 Å². The van der Waals surface area contributed by atoms with Crippen LogP contribution in [0.5, 0.6) is 0 Å². The average Bonchev–Trinajstić information content (AvgIpc) is 2.74. The Balaban J connectivity index is 1.99. The van der Waals surface area contributed by atoms with Gasteiger partial charge in [-0.3, -0.25) is 0 Å². The molecule has 0 saturated carbocycles. The molecule has 0 bridgehead atoms. The molecule has 19 heavy (non-hydrogen) atoms. The van der Waals surface area contributed by atoms with Gasteiger partial charge in [0.1, 0.15) is 11.7 Å². The first kappa shape index (κ1) is 13.7. The molecule has 3 N–H and O–H groups in total. The number of imidazole rings is 1. The SMILES string of the molecule is CC(C)(C)OC(=O)N1CCOC(c2cnc(N)[nH]2)C1. The van der Waals surface area contributed by atoms with E-state index in [4.69, 9.17) is 15.2 Å². The van der Waals surface area contributed by atoms with Crippen LogP contribution in [0.25, 0.3) is 0 Å². The van der Waals surface area contributed by atoms with Crippen molar-refractivity contribution >= 4 is 12.0 Å². The second-order valence-corrected chi connectivity index (χ2v) is 5.51. The number of rotatable bonds is 1. The van der Waals surface area contributed by atoms with E-state index in [-0.39, 0.29) is 12.2 Å². The maximum atomic E-state index is 12.0. The summed E-state index contributed by atoms with van der Waals surface area (Å²) in [6.45, 7) is 6.95. The Morgan fingerprint density at radius 3 is 2.95 bits per heavy atom. The molecule has 106 valence electrons. The molecule has 1 aliphatic rings. The summed E-state index contributed by atoms with van der Waals surface area (Å²) < 4.78 is 11.0. The molecule has 7 heteroatoms. The summed E-state index contributed by atoms with van der Waals surface area (Å²) in [4.78, 5) is 20.5. The van der Waals surface area contributed by atoms with Crippen LogP contribution in [0.2, 0.25) is 0 Å². The van der Waals surface area contributed by atoms with Gasteiger partial charge in [0, 0.05) is 6.54 Å². The number of carbonyl (C=O) groups excluding carboxylic acids is 1. The van der Waals surface area contributed by atoms with Crippen molar-refractivity contribution in [3.8, 4) is 0 Å². The molecule has 1 fully saturated rings. The second kappa shape index (κ2) is 5.08. The zero-order valence-electron chi connectivity index (χ0n) is 11.5. The molecule has 1 atom stereocenters. The van der Waals surface area contributed by atoms with E-state index in [2.05, 4.69) is 9.97 Å². The number of nitrogens with zero attached hydrogens (tertiary/aromatic N) is 2.